The van der Waals surface area contributed by atoms with Crippen molar-refractivity contribution < 1.29 is 25.2 Å². The number of urea groups is 1. The smallest absolute Gasteiger partial charge is 0.355 e. The molecule has 6 N–H and O–H groups in total. The number of nitrogens with one attached hydrogen (secondary N) is 2. The van der Waals surface area contributed by atoms with Crippen LogP contribution in [0, 0.1) is 0 Å². The van der Waals surface area contributed by atoms with Crippen LogP contribution < -0.4 is 10.9 Å². The number of aromatic hydroxyl groups is 4. The lowest BCUT2D eigenvalue weighted by atomic mass is 10.2. The summed E-state index contributed by atoms with van der Waals surface area (Å²) >= 11 is 0. The summed E-state index contributed by atoms with van der Waals surface area (Å²) in [5.74, 6) is -1.12. The van der Waals surface area contributed by atoms with Crippen molar-refractivity contribution in [3.63, 3.8) is 0 Å². The van der Waals surface area contributed by atoms with Gasteiger partial charge in [0.05, 0.1) is 12.4 Å². The third kappa shape index (κ3) is 4.63. The Morgan fingerprint density at radius 3 is 1.54 bits per heavy atom. The Balaban J connectivity index is 1.84. The number of phenols is 4. The van der Waals surface area contributed by atoms with Gasteiger partial charge in [-0.1, -0.05) is 0 Å². The molecule has 0 spiro atoms. The summed E-state index contributed by atoms with van der Waals surface area (Å²) in [4.78, 5) is 11.4. The number of hydrazone groups is 2. The maximum atomic E-state index is 11.4. The van der Waals surface area contributed by atoms with Gasteiger partial charge in [-0.05, 0) is 47.5 Å². The maximum absolute atomic E-state index is 11.4. The normalized spacial score (nSPS) is 11.0. The Morgan fingerprint density at radius 2 is 1.17 bits per heavy atom. The number of phenolic OH excluding ortho intramolecular Hbond substituents is 4. The lowest BCUT2D eigenvalue weighted by Gasteiger charge is -2.00. The molecule has 0 radical (unpaired) electrons. The van der Waals surface area contributed by atoms with Crippen molar-refractivity contribution in [2.24, 2.45) is 10.2 Å². The van der Waals surface area contributed by atoms with Gasteiger partial charge in [-0.15, -0.1) is 0 Å². The van der Waals surface area contributed by atoms with Crippen LogP contribution >= 0.6 is 0 Å². The number of amides is 2. The van der Waals surface area contributed by atoms with Crippen LogP contribution in [-0.2, 0) is 0 Å². The van der Waals surface area contributed by atoms with E-state index < -0.39 is 6.03 Å². The molecular formula is C15H14N4O5. The minimum atomic E-state index is -0.714. The highest BCUT2D eigenvalue weighted by Gasteiger charge is 2.00. The molecule has 0 bridgehead atoms. The predicted octanol–water partition coefficient (Wildman–Crippen LogP) is 1.18. The van der Waals surface area contributed by atoms with E-state index in [9.17, 15) is 15.0 Å². The second-order valence-electron chi connectivity index (χ2n) is 4.57. The van der Waals surface area contributed by atoms with E-state index in [0.717, 1.165) is 0 Å². The van der Waals surface area contributed by atoms with Crippen molar-refractivity contribution in [2.75, 3.05) is 0 Å². The van der Waals surface area contributed by atoms with Crippen LogP contribution in [0.25, 0.3) is 0 Å². The van der Waals surface area contributed by atoms with Crippen LogP contribution in [0.15, 0.2) is 46.6 Å². The molecular weight excluding hydrogens is 316 g/mol. The van der Waals surface area contributed by atoms with E-state index in [1.807, 2.05) is 0 Å². The van der Waals surface area contributed by atoms with E-state index in [1.54, 1.807) is 0 Å². The van der Waals surface area contributed by atoms with Gasteiger partial charge in [-0.25, -0.2) is 15.6 Å². The molecule has 0 atom stereocenters. The lowest BCUT2D eigenvalue weighted by molar-refractivity contribution is 0.242. The summed E-state index contributed by atoms with van der Waals surface area (Å²) in [6.07, 6.45) is 2.53. The minimum Gasteiger partial charge on any atom is -0.504 e. The summed E-state index contributed by atoms with van der Waals surface area (Å²) < 4.78 is 0. The zero-order chi connectivity index (χ0) is 17.5. The first kappa shape index (κ1) is 16.6. The van der Waals surface area contributed by atoms with E-state index >= 15 is 0 Å². The first-order chi connectivity index (χ1) is 11.5. The van der Waals surface area contributed by atoms with E-state index in [-0.39, 0.29) is 23.0 Å². The summed E-state index contributed by atoms with van der Waals surface area (Å²) in [6.45, 7) is 0. The average Bonchev–Trinajstić information content (AvgIpc) is 2.54. The third-order valence-corrected chi connectivity index (χ3v) is 2.76. The fourth-order valence-corrected chi connectivity index (χ4v) is 1.60. The molecule has 0 aliphatic heterocycles. The molecule has 0 aromatic heterocycles. The largest absolute Gasteiger partial charge is 0.504 e. The summed E-state index contributed by atoms with van der Waals surface area (Å²) in [5, 5.41) is 44.2. The minimum absolute atomic E-state index is 0.257. The number of carbonyl (C=O) groups is 1. The van der Waals surface area contributed by atoms with Crippen LogP contribution in [0.2, 0.25) is 0 Å². The fraction of sp³-hybridized carbons (Fsp3) is 0. The molecule has 0 aliphatic carbocycles. The van der Waals surface area contributed by atoms with E-state index in [4.69, 9.17) is 10.2 Å². The van der Waals surface area contributed by atoms with Crippen molar-refractivity contribution >= 4 is 18.5 Å². The molecule has 24 heavy (non-hydrogen) atoms. The van der Waals surface area contributed by atoms with E-state index in [1.165, 1.54) is 48.8 Å². The zero-order valence-corrected chi connectivity index (χ0v) is 12.2. The molecule has 2 aromatic rings. The van der Waals surface area contributed by atoms with Crippen molar-refractivity contribution in [3.05, 3.63) is 47.5 Å². The van der Waals surface area contributed by atoms with Crippen LogP contribution in [0.3, 0.4) is 0 Å². The predicted molar refractivity (Wildman–Crippen MR) is 86.4 cm³/mol. The highest BCUT2D eigenvalue weighted by Crippen LogP contribution is 2.24. The summed E-state index contributed by atoms with van der Waals surface area (Å²) in [5.41, 5.74) is 5.22. The van der Waals surface area contributed by atoms with Gasteiger partial charge in [0.2, 0.25) is 0 Å². The number of hydrogen-bond donors (Lipinski definition) is 6. The Morgan fingerprint density at radius 1 is 0.750 bits per heavy atom. The Hall–Kier alpha value is -3.75. The molecule has 2 rings (SSSR count). The molecule has 9 nitrogen and oxygen atoms in total. The maximum Gasteiger partial charge on any atom is 0.355 e. The van der Waals surface area contributed by atoms with Gasteiger partial charge < -0.3 is 20.4 Å². The molecule has 0 saturated heterocycles. The number of carbonyl (C=O) groups excluding carboxylic acids is 1. The van der Waals surface area contributed by atoms with Gasteiger partial charge in [0, 0.05) is 0 Å². The highest BCUT2D eigenvalue weighted by atomic mass is 16.3. The molecule has 9 heteroatoms. The highest BCUT2D eigenvalue weighted by molar-refractivity contribution is 5.84. The van der Waals surface area contributed by atoms with Crippen molar-refractivity contribution in [1.82, 2.24) is 10.9 Å². The van der Waals surface area contributed by atoms with Gasteiger partial charge in [-0.2, -0.15) is 10.2 Å². The number of rotatable bonds is 4. The molecule has 0 fully saturated rings. The molecule has 2 amide bonds. The number of benzene rings is 2. The molecule has 124 valence electrons. The van der Waals surface area contributed by atoms with Crippen LogP contribution in [0.1, 0.15) is 11.1 Å². The number of hydrogen-bond acceptors (Lipinski definition) is 7. The van der Waals surface area contributed by atoms with E-state index in [2.05, 4.69) is 21.1 Å². The van der Waals surface area contributed by atoms with Crippen molar-refractivity contribution in [3.8, 4) is 23.0 Å². The number of nitrogens with zero attached hydrogens (tertiary/aromatic N) is 2. The van der Waals surface area contributed by atoms with Crippen molar-refractivity contribution in [2.45, 2.75) is 0 Å². The Bertz CT molecular complexity index is 739. The van der Waals surface area contributed by atoms with Gasteiger partial charge >= 0.3 is 6.03 Å². The Kier molecular flexibility index (Phi) is 5.19. The van der Waals surface area contributed by atoms with E-state index in [0.29, 0.717) is 11.1 Å². The quantitative estimate of drug-likeness (QED) is 0.283. The first-order valence-electron chi connectivity index (χ1n) is 6.62. The molecule has 0 unspecified atom stereocenters. The van der Waals surface area contributed by atoms with Crippen LogP contribution in [0.5, 0.6) is 23.0 Å². The second kappa shape index (κ2) is 7.49. The second-order valence-corrected chi connectivity index (χ2v) is 4.57. The molecule has 0 aliphatic rings. The van der Waals surface area contributed by atoms with Gasteiger partial charge in [-0.3, -0.25) is 0 Å². The van der Waals surface area contributed by atoms with Crippen LogP contribution in [-0.4, -0.2) is 38.9 Å². The van der Waals surface area contributed by atoms with Crippen LogP contribution in [0.4, 0.5) is 4.79 Å². The molecule has 0 saturated carbocycles. The Labute approximate surface area is 136 Å². The first-order valence-corrected chi connectivity index (χ1v) is 6.62. The monoisotopic (exact) mass is 330 g/mol. The van der Waals surface area contributed by atoms with Gasteiger partial charge in [0.15, 0.2) is 23.0 Å². The molecule has 0 heterocycles. The molecule has 2 aromatic carbocycles. The van der Waals surface area contributed by atoms with Crippen molar-refractivity contribution in [1.29, 1.82) is 0 Å². The standard InChI is InChI=1S/C15H14N4O5/c20-11-3-1-9(5-13(11)22)7-16-18-15(24)19-17-8-10-2-4-12(21)14(23)6-10/h1-8,20-23H,(H2,18,19,24)/b16-7+,17-8+. The van der Waals surface area contributed by atoms with Gasteiger partial charge in [0.1, 0.15) is 0 Å². The lowest BCUT2D eigenvalue weighted by Crippen LogP contribution is -2.28. The third-order valence-electron chi connectivity index (χ3n) is 2.76. The fourth-order valence-electron chi connectivity index (χ4n) is 1.60. The zero-order valence-electron chi connectivity index (χ0n) is 12.2. The summed E-state index contributed by atoms with van der Waals surface area (Å²) in [7, 11) is 0. The summed E-state index contributed by atoms with van der Waals surface area (Å²) in [6, 6.07) is 7.39. The topological polar surface area (TPSA) is 147 Å². The SMILES string of the molecule is O=C(N/N=C/c1ccc(O)c(O)c1)N/N=C/c1ccc(O)c(O)c1. The van der Waals surface area contributed by atoms with Gasteiger partial charge in [0.25, 0.3) is 0 Å². The average molecular weight is 330 g/mol.